The molecule has 0 bridgehead atoms. The molecular weight excluding hydrogens is 400 g/mol. The molecule has 0 unspecified atom stereocenters. The predicted octanol–water partition coefficient (Wildman–Crippen LogP) is 3.37. The van der Waals surface area contributed by atoms with Crippen LogP contribution in [-0.4, -0.2) is 35.7 Å². The Balaban J connectivity index is 1.52. The van der Waals surface area contributed by atoms with E-state index in [0.717, 1.165) is 41.3 Å². The summed E-state index contributed by atoms with van der Waals surface area (Å²) in [6, 6.07) is 11.3. The molecule has 0 amide bonds. The minimum atomic E-state index is -0.925. The molecule has 0 radical (unpaired) electrons. The number of hydrogen-bond donors (Lipinski definition) is 3. The molecule has 154 valence electrons. The number of hydrogen-bond acceptors (Lipinski definition) is 7. The van der Waals surface area contributed by atoms with E-state index in [-0.39, 0.29) is 0 Å². The second kappa shape index (κ2) is 7.98. The molecule has 0 saturated heterocycles. The van der Waals surface area contributed by atoms with Gasteiger partial charge in [-0.2, -0.15) is 5.26 Å². The van der Waals surface area contributed by atoms with Gasteiger partial charge in [0.1, 0.15) is 18.3 Å². The number of aliphatic hydroxyl groups is 1. The van der Waals surface area contributed by atoms with Crippen LogP contribution in [-0.2, 0) is 5.60 Å². The molecule has 3 N–H and O–H groups in total. The van der Waals surface area contributed by atoms with Crippen LogP contribution in [0.5, 0.6) is 0 Å². The monoisotopic (exact) mass is 422 g/mol. The first kappa shape index (κ1) is 20.2. The summed E-state index contributed by atoms with van der Waals surface area (Å²) in [5.41, 5.74) is 3.56. The van der Waals surface area contributed by atoms with Crippen molar-refractivity contribution in [3.8, 4) is 6.07 Å². The van der Waals surface area contributed by atoms with Crippen molar-refractivity contribution in [2.75, 3.05) is 30.0 Å². The van der Waals surface area contributed by atoms with Gasteiger partial charge in [-0.1, -0.05) is 17.7 Å². The van der Waals surface area contributed by atoms with Gasteiger partial charge in [0.25, 0.3) is 0 Å². The summed E-state index contributed by atoms with van der Waals surface area (Å²) >= 11 is 6.18. The Kier molecular flexibility index (Phi) is 5.37. The van der Waals surface area contributed by atoms with Crippen LogP contribution < -0.4 is 15.5 Å². The number of nitrogens with one attached hydrogen (secondary N) is 2. The molecule has 30 heavy (non-hydrogen) atoms. The molecule has 1 aromatic heterocycles. The number of anilines is 2. The molecule has 1 aromatic carbocycles. The molecule has 2 aromatic rings. The van der Waals surface area contributed by atoms with Crippen molar-refractivity contribution in [3.63, 3.8) is 0 Å². The lowest BCUT2D eigenvalue weighted by Gasteiger charge is -2.35. The van der Waals surface area contributed by atoms with Gasteiger partial charge in [0.15, 0.2) is 0 Å². The highest BCUT2D eigenvalue weighted by molar-refractivity contribution is 6.31. The standard InChI is InChI=1S/C22H23ClN6O/c1-22(2,30)15-3-4-20(25-11-15)28-21-18-5-6-29(12-19(18)26-13-27-21)17-8-14(10-24)7-16(23)9-17/h3-4,7-9,11,26,30H,5-6,12-13H2,1-2H3,(H,25,27,28). The van der Waals surface area contributed by atoms with E-state index in [1.807, 2.05) is 24.3 Å². The molecule has 4 rings (SSSR count). The van der Waals surface area contributed by atoms with Crippen LogP contribution in [0.15, 0.2) is 52.8 Å². The van der Waals surface area contributed by atoms with Crippen molar-refractivity contribution in [2.45, 2.75) is 25.9 Å². The van der Waals surface area contributed by atoms with Crippen molar-refractivity contribution >= 4 is 28.9 Å². The number of amidine groups is 1. The van der Waals surface area contributed by atoms with Gasteiger partial charge >= 0.3 is 0 Å². The van der Waals surface area contributed by atoms with Crippen LogP contribution in [0.25, 0.3) is 0 Å². The molecule has 7 nitrogen and oxygen atoms in total. The normalized spacial score (nSPS) is 16.4. The maximum Gasteiger partial charge on any atom is 0.133 e. The molecular formula is C22H23ClN6O. The Morgan fingerprint density at radius 2 is 2.13 bits per heavy atom. The first-order valence-electron chi connectivity index (χ1n) is 9.76. The summed E-state index contributed by atoms with van der Waals surface area (Å²) in [5.74, 6) is 1.50. The number of benzene rings is 1. The molecule has 0 spiro atoms. The fourth-order valence-electron chi connectivity index (χ4n) is 3.60. The van der Waals surface area contributed by atoms with Gasteiger partial charge in [-0.05, 0) is 44.5 Å². The van der Waals surface area contributed by atoms with Crippen LogP contribution in [0.1, 0.15) is 31.4 Å². The molecule has 0 atom stereocenters. The minimum absolute atomic E-state index is 0.482. The number of halogens is 1. The van der Waals surface area contributed by atoms with Crippen molar-refractivity contribution in [1.82, 2.24) is 10.3 Å². The van der Waals surface area contributed by atoms with Gasteiger partial charge in [-0.15, -0.1) is 0 Å². The lowest BCUT2D eigenvalue weighted by Crippen LogP contribution is -2.41. The van der Waals surface area contributed by atoms with Crippen LogP contribution >= 0.6 is 11.6 Å². The highest BCUT2D eigenvalue weighted by atomic mass is 35.5. The van der Waals surface area contributed by atoms with Gasteiger partial charge in [0, 0.05) is 40.3 Å². The van der Waals surface area contributed by atoms with Crippen molar-refractivity contribution in [3.05, 3.63) is 63.9 Å². The number of nitrogens with zero attached hydrogens (tertiary/aromatic N) is 4. The summed E-state index contributed by atoms with van der Waals surface area (Å²) < 4.78 is 0. The predicted molar refractivity (Wildman–Crippen MR) is 119 cm³/mol. The van der Waals surface area contributed by atoms with Gasteiger partial charge in [-0.25, -0.2) is 9.98 Å². The highest BCUT2D eigenvalue weighted by Crippen LogP contribution is 2.28. The van der Waals surface area contributed by atoms with E-state index in [1.165, 1.54) is 0 Å². The first-order valence-corrected chi connectivity index (χ1v) is 10.1. The minimum Gasteiger partial charge on any atom is -0.386 e. The van der Waals surface area contributed by atoms with E-state index in [1.54, 1.807) is 26.1 Å². The average molecular weight is 423 g/mol. The second-order valence-electron chi connectivity index (χ2n) is 7.90. The fraction of sp³-hybridized carbons (Fsp3) is 0.318. The lowest BCUT2D eigenvalue weighted by atomic mass is 10.0. The molecule has 0 saturated carbocycles. The summed E-state index contributed by atoms with van der Waals surface area (Å²) in [6.07, 6.45) is 2.47. The Labute approximate surface area is 180 Å². The van der Waals surface area contributed by atoms with Gasteiger partial charge in [-0.3, -0.25) is 0 Å². The molecule has 2 aliphatic heterocycles. The molecule has 3 heterocycles. The fourth-order valence-corrected chi connectivity index (χ4v) is 3.83. The van der Waals surface area contributed by atoms with E-state index in [9.17, 15) is 10.4 Å². The summed E-state index contributed by atoms with van der Waals surface area (Å²) in [7, 11) is 0. The Bertz CT molecular complexity index is 1060. The summed E-state index contributed by atoms with van der Waals surface area (Å²) in [5, 5.41) is 26.6. The molecule has 2 aliphatic rings. The topological polar surface area (TPSA) is 96.6 Å². The van der Waals surface area contributed by atoms with Crippen molar-refractivity contribution in [1.29, 1.82) is 5.26 Å². The zero-order valence-electron chi connectivity index (χ0n) is 16.9. The summed E-state index contributed by atoms with van der Waals surface area (Å²) in [6.45, 7) is 5.43. The highest BCUT2D eigenvalue weighted by Gasteiger charge is 2.25. The van der Waals surface area contributed by atoms with E-state index in [4.69, 9.17) is 11.6 Å². The summed E-state index contributed by atoms with van der Waals surface area (Å²) in [4.78, 5) is 11.2. The third kappa shape index (κ3) is 4.25. The largest absolute Gasteiger partial charge is 0.386 e. The van der Waals surface area contributed by atoms with E-state index in [0.29, 0.717) is 29.6 Å². The van der Waals surface area contributed by atoms with E-state index in [2.05, 4.69) is 31.6 Å². The zero-order valence-corrected chi connectivity index (χ0v) is 17.7. The SMILES string of the molecule is CC(C)(O)c1ccc(NC2=NCNC3=C2CCN(c2cc(Cl)cc(C#N)c2)C3)nc1. The quantitative estimate of drug-likeness (QED) is 0.701. The Morgan fingerprint density at radius 1 is 1.30 bits per heavy atom. The smallest absolute Gasteiger partial charge is 0.133 e. The maximum atomic E-state index is 10.1. The third-order valence-corrected chi connectivity index (χ3v) is 5.47. The van der Waals surface area contributed by atoms with Crippen LogP contribution in [0.2, 0.25) is 5.02 Å². The van der Waals surface area contributed by atoms with Crippen LogP contribution in [0, 0.1) is 11.3 Å². The van der Waals surface area contributed by atoms with Gasteiger partial charge < -0.3 is 20.6 Å². The van der Waals surface area contributed by atoms with E-state index < -0.39 is 5.60 Å². The van der Waals surface area contributed by atoms with Gasteiger partial charge in [0.05, 0.1) is 23.8 Å². The Morgan fingerprint density at radius 3 is 2.83 bits per heavy atom. The third-order valence-electron chi connectivity index (χ3n) is 5.25. The number of nitriles is 1. The second-order valence-corrected chi connectivity index (χ2v) is 8.33. The molecule has 0 fully saturated rings. The van der Waals surface area contributed by atoms with Crippen molar-refractivity contribution < 1.29 is 5.11 Å². The first-order chi connectivity index (χ1) is 14.3. The van der Waals surface area contributed by atoms with Gasteiger partial charge in [0.2, 0.25) is 0 Å². The number of pyridine rings is 1. The maximum absolute atomic E-state index is 10.1. The number of rotatable bonds is 3. The van der Waals surface area contributed by atoms with Crippen LogP contribution in [0.4, 0.5) is 11.5 Å². The Hall–Kier alpha value is -3.08. The van der Waals surface area contributed by atoms with Crippen molar-refractivity contribution in [2.24, 2.45) is 4.99 Å². The molecule has 0 aliphatic carbocycles. The number of aromatic nitrogens is 1. The lowest BCUT2D eigenvalue weighted by molar-refractivity contribution is 0.0782. The molecule has 8 heteroatoms. The van der Waals surface area contributed by atoms with Crippen LogP contribution in [0.3, 0.4) is 0 Å². The average Bonchev–Trinajstić information content (AvgIpc) is 2.73. The van der Waals surface area contributed by atoms with E-state index >= 15 is 0 Å². The zero-order chi connectivity index (χ0) is 21.3. The number of aliphatic imine (C=N–C) groups is 1.